The predicted octanol–water partition coefficient (Wildman–Crippen LogP) is 3.70. The van der Waals surface area contributed by atoms with Crippen molar-refractivity contribution in [3.05, 3.63) is 15.9 Å². The van der Waals surface area contributed by atoms with Gasteiger partial charge in [-0.2, -0.15) is 5.10 Å². The van der Waals surface area contributed by atoms with Crippen molar-refractivity contribution >= 4 is 27.5 Å². The molecule has 0 N–H and O–H groups in total. The quantitative estimate of drug-likeness (QED) is 0.776. The zero-order chi connectivity index (χ0) is 11.9. The van der Waals surface area contributed by atoms with Gasteiger partial charge in [-0.05, 0) is 54.0 Å². The molecule has 1 fully saturated rings. The zero-order valence-electron chi connectivity index (χ0n) is 10.1. The summed E-state index contributed by atoms with van der Waals surface area (Å²) in [6.07, 6.45) is 4.51. The van der Waals surface area contributed by atoms with Gasteiger partial charge in [0, 0.05) is 12.4 Å². The molecule has 2 nitrogen and oxygen atoms in total. The van der Waals surface area contributed by atoms with Crippen LogP contribution < -0.4 is 0 Å². The van der Waals surface area contributed by atoms with Crippen molar-refractivity contribution in [3.8, 4) is 0 Å². The molecule has 1 atom stereocenters. The molecule has 1 saturated carbocycles. The molecule has 90 valence electrons. The number of nitrogens with zero attached hydrogens (tertiary/aromatic N) is 2. The maximum absolute atomic E-state index is 6.28. The second kappa shape index (κ2) is 4.34. The Morgan fingerprint density at radius 3 is 2.56 bits per heavy atom. The first kappa shape index (κ1) is 12.4. The van der Waals surface area contributed by atoms with E-state index in [-0.39, 0.29) is 5.38 Å². The normalized spacial score (nSPS) is 19.8. The van der Waals surface area contributed by atoms with E-state index in [1.807, 2.05) is 11.7 Å². The largest absolute Gasteiger partial charge is 0.271 e. The molecule has 0 amide bonds. The van der Waals surface area contributed by atoms with E-state index in [0.717, 1.165) is 18.5 Å². The summed E-state index contributed by atoms with van der Waals surface area (Å²) in [4.78, 5) is 0. The molecule has 0 aliphatic heterocycles. The Kier molecular flexibility index (Phi) is 3.37. The van der Waals surface area contributed by atoms with Crippen LogP contribution >= 0.6 is 27.5 Å². The van der Waals surface area contributed by atoms with Crippen LogP contribution in [-0.4, -0.2) is 15.2 Å². The molecule has 0 saturated heterocycles. The molecule has 1 heterocycles. The smallest absolute Gasteiger partial charge is 0.0766 e. The van der Waals surface area contributed by atoms with E-state index < -0.39 is 0 Å². The van der Waals surface area contributed by atoms with Crippen LogP contribution in [0.4, 0.5) is 0 Å². The highest BCUT2D eigenvalue weighted by Gasteiger charge is 2.47. The van der Waals surface area contributed by atoms with Gasteiger partial charge in [-0.3, -0.25) is 4.68 Å². The lowest BCUT2D eigenvalue weighted by molar-refractivity contribution is 0.475. The Balaban J connectivity index is 2.25. The van der Waals surface area contributed by atoms with E-state index >= 15 is 0 Å². The van der Waals surface area contributed by atoms with E-state index in [4.69, 9.17) is 11.6 Å². The average Bonchev–Trinajstić information content (AvgIpc) is 2.97. The first-order valence-corrected chi connectivity index (χ1v) is 7.07. The zero-order valence-corrected chi connectivity index (χ0v) is 12.4. The summed E-state index contributed by atoms with van der Waals surface area (Å²) in [5.74, 6) is 0. The summed E-state index contributed by atoms with van der Waals surface area (Å²) >= 11 is 9.95. The molecular weight excluding hydrogens is 288 g/mol. The lowest BCUT2D eigenvalue weighted by Crippen LogP contribution is -2.17. The average molecular weight is 306 g/mol. The fourth-order valence-corrected chi connectivity index (χ4v) is 3.27. The van der Waals surface area contributed by atoms with Crippen LogP contribution in [0.15, 0.2) is 4.47 Å². The van der Waals surface area contributed by atoms with Gasteiger partial charge in [0.25, 0.3) is 0 Å². The number of aryl methyl sites for hydroxylation is 2. The SMILES string of the molecule is CCc1nn(C)c(CC2(C(C)Cl)CC2)c1Br. The molecule has 0 spiro atoms. The minimum absolute atomic E-state index is 0.249. The third kappa shape index (κ3) is 2.04. The number of hydrogen-bond donors (Lipinski definition) is 0. The fraction of sp³-hybridized carbons (Fsp3) is 0.750. The number of halogens is 2. The summed E-state index contributed by atoms with van der Waals surface area (Å²) < 4.78 is 3.18. The third-order valence-corrected chi connectivity index (χ3v) is 5.14. The van der Waals surface area contributed by atoms with Crippen LogP contribution in [0.1, 0.15) is 38.1 Å². The predicted molar refractivity (Wildman–Crippen MR) is 71.0 cm³/mol. The third-order valence-electron chi connectivity index (χ3n) is 3.76. The summed E-state index contributed by atoms with van der Waals surface area (Å²) in [5, 5.41) is 4.78. The minimum atomic E-state index is 0.249. The first-order valence-electron chi connectivity index (χ1n) is 5.84. The van der Waals surface area contributed by atoms with Crippen LogP contribution in [0, 0.1) is 5.41 Å². The van der Waals surface area contributed by atoms with Crippen molar-refractivity contribution in [2.24, 2.45) is 12.5 Å². The Labute approximate surface area is 110 Å². The van der Waals surface area contributed by atoms with Crippen LogP contribution in [0.25, 0.3) is 0 Å². The molecule has 2 rings (SSSR count). The van der Waals surface area contributed by atoms with Gasteiger partial charge in [0.1, 0.15) is 0 Å². The molecule has 1 aliphatic rings. The number of aromatic nitrogens is 2. The van der Waals surface area contributed by atoms with Gasteiger partial charge < -0.3 is 0 Å². The molecule has 1 aromatic heterocycles. The summed E-state index contributed by atoms with van der Waals surface area (Å²) in [6.45, 7) is 4.24. The fourth-order valence-electron chi connectivity index (χ4n) is 2.22. The van der Waals surface area contributed by atoms with E-state index in [9.17, 15) is 0 Å². The highest BCUT2D eigenvalue weighted by atomic mass is 79.9. The Hall–Kier alpha value is -0.0200. The van der Waals surface area contributed by atoms with Gasteiger partial charge in [0.2, 0.25) is 0 Å². The number of alkyl halides is 1. The molecule has 0 aromatic carbocycles. The minimum Gasteiger partial charge on any atom is -0.271 e. The van der Waals surface area contributed by atoms with Crippen molar-refractivity contribution < 1.29 is 0 Å². The number of hydrogen-bond acceptors (Lipinski definition) is 1. The summed E-state index contributed by atoms with van der Waals surface area (Å²) in [5.41, 5.74) is 2.76. The Bertz CT molecular complexity index is 394. The van der Waals surface area contributed by atoms with Gasteiger partial charge in [0.15, 0.2) is 0 Å². The Morgan fingerprint density at radius 1 is 1.56 bits per heavy atom. The number of rotatable bonds is 4. The van der Waals surface area contributed by atoms with Crippen LogP contribution in [0.3, 0.4) is 0 Å². The molecule has 0 radical (unpaired) electrons. The summed E-state index contributed by atoms with van der Waals surface area (Å²) in [6, 6.07) is 0. The van der Waals surface area contributed by atoms with Crippen molar-refractivity contribution in [1.82, 2.24) is 9.78 Å². The summed E-state index contributed by atoms with van der Waals surface area (Å²) in [7, 11) is 2.02. The highest BCUT2D eigenvalue weighted by Crippen LogP contribution is 2.53. The lowest BCUT2D eigenvalue weighted by Gasteiger charge is -2.17. The van der Waals surface area contributed by atoms with Gasteiger partial charge in [-0.25, -0.2) is 0 Å². The molecule has 1 aliphatic carbocycles. The standard InChI is InChI=1S/C12H18BrClN2/c1-4-9-11(13)10(16(3)15-9)7-12(5-6-12)8(2)14/h8H,4-7H2,1-3H3. The van der Waals surface area contributed by atoms with E-state index in [1.54, 1.807) is 0 Å². The van der Waals surface area contributed by atoms with E-state index in [1.165, 1.54) is 23.0 Å². The molecular formula is C12H18BrClN2. The van der Waals surface area contributed by atoms with Gasteiger partial charge in [0.05, 0.1) is 15.9 Å². The molecule has 4 heteroatoms. The van der Waals surface area contributed by atoms with Crippen molar-refractivity contribution in [3.63, 3.8) is 0 Å². The van der Waals surface area contributed by atoms with Crippen molar-refractivity contribution in [2.75, 3.05) is 0 Å². The van der Waals surface area contributed by atoms with Crippen molar-refractivity contribution in [1.29, 1.82) is 0 Å². The highest BCUT2D eigenvalue weighted by molar-refractivity contribution is 9.10. The maximum atomic E-state index is 6.28. The Morgan fingerprint density at radius 2 is 2.19 bits per heavy atom. The van der Waals surface area contributed by atoms with E-state index in [2.05, 4.69) is 34.9 Å². The van der Waals surface area contributed by atoms with Crippen molar-refractivity contribution in [2.45, 2.75) is 44.9 Å². The topological polar surface area (TPSA) is 17.8 Å². The van der Waals surface area contributed by atoms with Crippen LogP contribution in [0.2, 0.25) is 0 Å². The molecule has 0 bridgehead atoms. The van der Waals surface area contributed by atoms with Gasteiger partial charge in [-0.15, -0.1) is 11.6 Å². The lowest BCUT2D eigenvalue weighted by atomic mass is 9.96. The van der Waals surface area contributed by atoms with Gasteiger partial charge in [-0.1, -0.05) is 6.92 Å². The maximum Gasteiger partial charge on any atom is 0.0766 e. The molecule has 1 unspecified atom stereocenters. The monoisotopic (exact) mass is 304 g/mol. The molecule has 1 aromatic rings. The van der Waals surface area contributed by atoms with E-state index in [0.29, 0.717) is 5.41 Å². The van der Waals surface area contributed by atoms with Crippen LogP contribution in [-0.2, 0) is 19.9 Å². The second-order valence-corrected chi connectivity index (χ2v) is 6.29. The van der Waals surface area contributed by atoms with Crippen LogP contribution in [0.5, 0.6) is 0 Å². The van der Waals surface area contributed by atoms with Gasteiger partial charge >= 0.3 is 0 Å². The molecule has 16 heavy (non-hydrogen) atoms. The first-order chi connectivity index (χ1) is 7.50. The second-order valence-electron chi connectivity index (χ2n) is 4.84.